The van der Waals surface area contributed by atoms with Crippen LogP contribution in [0, 0.1) is 6.07 Å². The molecule has 4 aromatic rings. The maximum atomic E-state index is 4.49. The Hall–Kier alpha value is -1.78. The van der Waals surface area contributed by atoms with E-state index in [1.165, 1.54) is 21.5 Å². The van der Waals surface area contributed by atoms with Gasteiger partial charge in [0.2, 0.25) is 0 Å². The molecule has 4 rings (SSSR count). The molecule has 0 radical (unpaired) electrons. The van der Waals surface area contributed by atoms with Crippen molar-refractivity contribution in [2.45, 2.75) is 6.54 Å². The summed E-state index contributed by atoms with van der Waals surface area (Å²) in [5, 5.41) is 4.19. The largest absolute Gasteiger partial charge is 0.0622 e. The molecule has 0 aromatic heterocycles. The van der Waals surface area contributed by atoms with Gasteiger partial charge in [-0.25, -0.2) is 0 Å². The molecule has 0 amide bonds. The fraction of sp³-hybridized carbons (Fsp3) is 0.111. The predicted octanol–water partition coefficient (Wildman–Crippen LogP) is 5.68. The van der Waals surface area contributed by atoms with Gasteiger partial charge in [-0.05, 0) is 44.5 Å². The molecule has 0 aliphatic carbocycles. The minimum Gasteiger partial charge on any atom is -0.0622 e. The van der Waals surface area contributed by atoms with Crippen LogP contribution < -0.4 is 15.9 Å². The molecular formula is C27H27ClNPPd. The van der Waals surface area contributed by atoms with Crippen LogP contribution in [0.3, 0.4) is 0 Å². The average Bonchev–Trinajstić information content (AvgIpc) is 2.83. The molecule has 1 nitrogen and oxygen atoms in total. The average molecular weight is 538 g/mol. The molecule has 0 spiro atoms. The van der Waals surface area contributed by atoms with Crippen molar-refractivity contribution >= 4 is 33.4 Å². The summed E-state index contributed by atoms with van der Waals surface area (Å²) in [6.07, 6.45) is 0. The van der Waals surface area contributed by atoms with Crippen molar-refractivity contribution in [1.82, 2.24) is 4.90 Å². The molecule has 0 aliphatic heterocycles. The summed E-state index contributed by atoms with van der Waals surface area (Å²) >= 11 is 2.22. The minimum atomic E-state index is -0.446. The van der Waals surface area contributed by atoms with E-state index >= 15 is 0 Å². The third-order valence-electron chi connectivity index (χ3n) is 4.31. The first kappa shape index (κ1) is 25.5. The van der Waals surface area contributed by atoms with Crippen molar-refractivity contribution in [2.24, 2.45) is 0 Å². The van der Waals surface area contributed by atoms with E-state index in [2.05, 4.69) is 150 Å². The van der Waals surface area contributed by atoms with Crippen LogP contribution in [0.2, 0.25) is 0 Å². The van der Waals surface area contributed by atoms with Gasteiger partial charge in [0.25, 0.3) is 0 Å². The van der Waals surface area contributed by atoms with E-state index in [4.69, 9.17) is 0 Å². The van der Waals surface area contributed by atoms with Gasteiger partial charge in [-0.3, -0.25) is 0 Å². The summed E-state index contributed by atoms with van der Waals surface area (Å²) < 4.78 is 0. The van der Waals surface area contributed by atoms with Crippen LogP contribution in [0.15, 0.2) is 115 Å². The third-order valence-corrected chi connectivity index (χ3v) is 6.76. The van der Waals surface area contributed by atoms with Gasteiger partial charge in [0.05, 0.1) is 0 Å². The molecule has 31 heavy (non-hydrogen) atoms. The number of hydrogen-bond donors (Lipinski definition) is 0. The number of halogens is 1. The van der Waals surface area contributed by atoms with Gasteiger partial charge >= 0.3 is 27.7 Å². The zero-order valence-corrected chi connectivity index (χ0v) is 21.0. The van der Waals surface area contributed by atoms with Gasteiger partial charge in [-0.2, -0.15) is 30.3 Å². The molecular weight excluding hydrogens is 511 g/mol. The molecule has 0 unspecified atom stereocenters. The summed E-state index contributed by atoms with van der Waals surface area (Å²) in [6.45, 7) is 0.997. The summed E-state index contributed by atoms with van der Waals surface area (Å²) in [5.41, 5.74) is 1.31. The van der Waals surface area contributed by atoms with Gasteiger partial charge in [-0.15, -0.1) is 5.56 Å². The molecule has 0 heterocycles. The Kier molecular flexibility index (Phi) is 12.4. The van der Waals surface area contributed by atoms with Crippen LogP contribution in [-0.4, -0.2) is 19.0 Å². The third kappa shape index (κ3) is 9.08. The van der Waals surface area contributed by atoms with E-state index in [1.54, 1.807) is 0 Å². The molecule has 0 bridgehead atoms. The van der Waals surface area contributed by atoms with E-state index in [9.17, 15) is 0 Å². The van der Waals surface area contributed by atoms with Gasteiger partial charge in [-0.1, -0.05) is 91.0 Å². The van der Waals surface area contributed by atoms with E-state index < -0.39 is 7.92 Å². The number of benzene rings is 4. The second kappa shape index (κ2) is 15.1. The number of rotatable bonds is 5. The maximum Gasteiger partial charge on any atom is -0.0134 e. The molecule has 0 aliphatic rings. The van der Waals surface area contributed by atoms with Crippen molar-refractivity contribution in [3.05, 3.63) is 127 Å². The quantitative estimate of drug-likeness (QED) is 0.180. The normalized spacial score (nSPS) is 10.0. The SMILES string of the molecule is CN(C)Cc1c[c-]ccc1.[Cl][Pd+].c1ccc(P(c2ccccc2)c2ccccc2)cc1. The molecule has 0 atom stereocenters. The van der Waals surface area contributed by atoms with Crippen molar-refractivity contribution in [2.75, 3.05) is 14.1 Å². The molecule has 162 valence electrons. The standard InChI is InChI=1S/C18H15P.C9H12N.ClH.Pd/c1-4-10-16(11-5-1)19(17-12-6-2-7-13-17)18-14-8-3-9-15-18;1-10(2)8-9-6-4-3-5-7-9;;/h1-15H;3-4,6-7H,8H2,1-2H3;1H;/q;-1;;+2/p-1. The summed E-state index contributed by atoms with van der Waals surface area (Å²) in [4.78, 5) is 2.14. The van der Waals surface area contributed by atoms with Crippen molar-refractivity contribution in [1.29, 1.82) is 0 Å². The molecule has 4 heteroatoms. The first-order valence-corrected chi connectivity index (χ1v) is 13.3. The van der Waals surface area contributed by atoms with E-state index in [-0.39, 0.29) is 0 Å². The van der Waals surface area contributed by atoms with Crippen LogP contribution in [-0.2, 0) is 24.7 Å². The van der Waals surface area contributed by atoms with Crippen LogP contribution >= 0.6 is 17.5 Å². The van der Waals surface area contributed by atoms with Crippen LogP contribution in [0.5, 0.6) is 0 Å². The summed E-state index contributed by atoms with van der Waals surface area (Å²) in [6, 6.07) is 43.4. The van der Waals surface area contributed by atoms with Gasteiger partial charge in [0.15, 0.2) is 0 Å². The van der Waals surface area contributed by atoms with Gasteiger partial charge < -0.3 is 4.90 Å². The fourth-order valence-electron chi connectivity index (χ4n) is 3.07. The second-order valence-electron chi connectivity index (χ2n) is 6.99. The van der Waals surface area contributed by atoms with Crippen molar-refractivity contribution < 1.29 is 18.2 Å². The number of nitrogens with zero attached hydrogens (tertiary/aromatic N) is 1. The molecule has 4 aromatic carbocycles. The van der Waals surface area contributed by atoms with Crippen LogP contribution in [0.4, 0.5) is 0 Å². The molecule has 0 saturated heterocycles. The first-order valence-electron chi connectivity index (χ1n) is 9.91. The maximum absolute atomic E-state index is 4.49. The Bertz CT molecular complexity index is 857. The Morgan fingerprint density at radius 3 is 1.42 bits per heavy atom. The number of hydrogen-bond acceptors (Lipinski definition) is 1. The Balaban J connectivity index is 0.000000241. The van der Waals surface area contributed by atoms with Crippen LogP contribution in [0.25, 0.3) is 0 Å². The minimum absolute atomic E-state index is 0.446. The molecule has 0 saturated carbocycles. The van der Waals surface area contributed by atoms with E-state index in [0.29, 0.717) is 0 Å². The smallest absolute Gasteiger partial charge is 0.0134 e. The van der Waals surface area contributed by atoms with E-state index in [1.807, 2.05) is 18.2 Å². The monoisotopic (exact) mass is 537 g/mol. The van der Waals surface area contributed by atoms with Crippen LogP contribution in [0.1, 0.15) is 5.56 Å². The van der Waals surface area contributed by atoms with Crippen molar-refractivity contribution in [3.8, 4) is 0 Å². The zero-order chi connectivity index (χ0) is 22.3. The predicted molar refractivity (Wildman–Crippen MR) is 134 cm³/mol. The molecule has 0 N–H and O–H groups in total. The van der Waals surface area contributed by atoms with Gasteiger partial charge in [0, 0.05) is 0 Å². The summed E-state index contributed by atoms with van der Waals surface area (Å²) in [7, 11) is 8.17. The Morgan fingerprint density at radius 2 is 1.10 bits per heavy atom. The Labute approximate surface area is 203 Å². The topological polar surface area (TPSA) is 3.24 Å². The van der Waals surface area contributed by atoms with Crippen molar-refractivity contribution in [3.63, 3.8) is 0 Å². The zero-order valence-electron chi connectivity index (χ0n) is 17.8. The molecule has 0 fully saturated rings. The second-order valence-corrected chi connectivity index (χ2v) is 9.21. The summed E-state index contributed by atoms with van der Waals surface area (Å²) in [5.74, 6) is 0. The fourth-order valence-corrected chi connectivity index (χ4v) is 5.38. The first-order chi connectivity index (χ1) is 15.2. The Morgan fingerprint density at radius 1 is 0.677 bits per heavy atom. The van der Waals surface area contributed by atoms with Gasteiger partial charge in [0.1, 0.15) is 0 Å². The van der Waals surface area contributed by atoms with E-state index in [0.717, 1.165) is 6.54 Å².